The fourth-order valence-corrected chi connectivity index (χ4v) is 1.54. The highest BCUT2D eigenvalue weighted by Gasteiger charge is 2.03. The third-order valence-corrected chi connectivity index (χ3v) is 2.11. The molecule has 2 aromatic rings. The number of aromatic nitrogens is 2. The molecule has 0 fully saturated rings. The normalized spacial score (nSPS) is 10.2. The first-order valence-corrected chi connectivity index (χ1v) is 4.09. The number of aryl methyl sites for hydroxylation is 1. The summed E-state index contributed by atoms with van der Waals surface area (Å²) in [6.45, 7) is 0. The van der Waals surface area contributed by atoms with E-state index in [0.29, 0.717) is 6.42 Å². The van der Waals surface area contributed by atoms with Crippen LogP contribution in [0.15, 0.2) is 24.4 Å². The topological polar surface area (TPSA) is 41.6 Å². The summed E-state index contributed by atoms with van der Waals surface area (Å²) in [7, 11) is 1.89. The Morgan fingerprint density at radius 2 is 2.38 bits per heavy atom. The lowest BCUT2D eigenvalue weighted by Crippen LogP contribution is -1.93. The molecule has 1 aromatic carbocycles. The molecule has 0 unspecified atom stereocenters. The highest BCUT2D eigenvalue weighted by Crippen LogP contribution is 2.17. The summed E-state index contributed by atoms with van der Waals surface area (Å²) in [6, 6.07) is 8.08. The van der Waals surface area contributed by atoms with Gasteiger partial charge in [0.1, 0.15) is 0 Å². The van der Waals surface area contributed by atoms with Crippen LogP contribution in [0, 0.1) is 11.3 Å². The fourth-order valence-electron chi connectivity index (χ4n) is 1.54. The molecule has 0 saturated heterocycles. The molecule has 0 radical (unpaired) electrons. The summed E-state index contributed by atoms with van der Waals surface area (Å²) in [4.78, 5) is 0. The van der Waals surface area contributed by atoms with Crippen molar-refractivity contribution >= 4 is 10.9 Å². The SMILES string of the molecule is Cn1ncc2cccc(CC#N)c21. The first-order valence-electron chi connectivity index (χ1n) is 4.09. The smallest absolute Gasteiger partial charge is 0.0721 e. The van der Waals surface area contributed by atoms with Crippen LogP contribution >= 0.6 is 0 Å². The Labute approximate surface area is 76.2 Å². The summed E-state index contributed by atoms with van der Waals surface area (Å²) in [5.74, 6) is 0. The molecule has 13 heavy (non-hydrogen) atoms. The zero-order chi connectivity index (χ0) is 9.26. The predicted molar refractivity (Wildman–Crippen MR) is 50.0 cm³/mol. The largest absolute Gasteiger partial charge is 0.268 e. The molecule has 1 heterocycles. The molecule has 0 aliphatic heterocycles. The van der Waals surface area contributed by atoms with E-state index in [9.17, 15) is 0 Å². The molecule has 0 aliphatic rings. The fraction of sp³-hybridized carbons (Fsp3) is 0.200. The molecule has 0 aliphatic carbocycles. The molecule has 0 atom stereocenters. The summed E-state index contributed by atoms with van der Waals surface area (Å²) in [5.41, 5.74) is 2.10. The van der Waals surface area contributed by atoms with Crippen LogP contribution in [0.5, 0.6) is 0 Å². The average molecular weight is 171 g/mol. The minimum atomic E-state index is 0.441. The second-order valence-corrected chi connectivity index (χ2v) is 2.96. The summed E-state index contributed by atoms with van der Waals surface area (Å²) >= 11 is 0. The van der Waals surface area contributed by atoms with Crippen LogP contribution in [0.4, 0.5) is 0 Å². The second-order valence-electron chi connectivity index (χ2n) is 2.96. The van der Waals surface area contributed by atoms with Crippen LogP contribution in [0.2, 0.25) is 0 Å². The van der Waals surface area contributed by atoms with Gasteiger partial charge in [-0.1, -0.05) is 18.2 Å². The van der Waals surface area contributed by atoms with E-state index < -0.39 is 0 Å². The average Bonchev–Trinajstić information content (AvgIpc) is 2.50. The Kier molecular flexibility index (Phi) is 1.75. The molecule has 0 amide bonds. The van der Waals surface area contributed by atoms with Gasteiger partial charge in [0.15, 0.2) is 0 Å². The zero-order valence-corrected chi connectivity index (χ0v) is 7.36. The number of nitrogens with zero attached hydrogens (tertiary/aromatic N) is 3. The van der Waals surface area contributed by atoms with Gasteiger partial charge in [0.25, 0.3) is 0 Å². The summed E-state index contributed by atoms with van der Waals surface area (Å²) in [6.07, 6.45) is 2.26. The summed E-state index contributed by atoms with van der Waals surface area (Å²) < 4.78 is 1.81. The third-order valence-electron chi connectivity index (χ3n) is 2.11. The molecule has 64 valence electrons. The van der Waals surface area contributed by atoms with E-state index >= 15 is 0 Å². The van der Waals surface area contributed by atoms with Gasteiger partial charge in [0.05, 0.1) is 24.2 Å². The Morgan fingerprint density at radius 3 is 3.15 bits per heavy atom. The van der Waals surface area contributed by atoms with Gasteiger partial charge in [-0.2, -0.15) is 10.4 Å². The van der Waals surface area contributed by atoms with Crippen LogP contribution in [0.25, 0.3) is 10.9 Å². The van der Waals surface area contributed by atoms with E-state index in [1.54, 1.807) is 0 Å². The van der Waals surface area contributed by atoms with Crippen molar-refractivity contribution in [2.75, 3.05) is 0 Å². The van der Waals surface area contributed by atoms with E-state index in [0.717, 1.165) is 16.5 Å². The van der Waals surface area contributed by atoms with Gasteiger partial charge < -0.3 is 0 Å². The van der Waals surface area contributed by atoms with Crippen molar-refractivity contribution in [1.82, 2.24) is 9.78 Å². The number of rotatable bonds is 1. The zero-order valence-electron chi connectivity index (χ0n) is 7.36. The molecular weight excluding hydrogens is 162 g/mol. The summed E-state index contributed by atoms with van der Waals surface area (Å²) in [5, 5.41) is 13.9. The van der Waals surface area contributed by atoms with Crippen molar-refractivity contribution in [3.63, 3.8) is 0 Å². The van der Waals surface area contributed by atoms with Gasteiger partial charge in [-0.05, 0) is 5.56 Å². The molecule has 0 saturated carbocycles. The minimum Gasteiger partial charge on any atom is -0.268 e. The highest BCUT2D eigenvalue weighted by molar-refractivity contribution is 5.82. The molecule has 3 nitrogen and oxygen atoms in total. The van der Waals surface area contributed by atoms with Crippen LogP contribution in [0.1, 0.15) is 5.56 Å². The Morgan fingerprint density at radius 1 is 1.54 bits per heavy atom. The van der Waals surface area contributed by atoms with E-state index in [1.165, 1.54) is 0 Å². The van der Waals surface area contributed by atoms with Gasteiger partial charge in [-0.3, -0.25) is 4.68 Å². The van der Waals surface area contributed by atoms with E-state index in [-0.39, 0.29) is 0 Å². The highest BCUT2D eigenvalue weighted by atomic mass is 15.2. The number of benzene rings is 1. The van der Waals surface area contributed by atoms with Crippen LogP contribution in [-0.2, 0) is 13.5 Å². The lowest BCUT2D eigenvalue weighted by atomic mass is 10.1. The number of nitriles is 1. The van der Waals surface area contributed by atoms with Gasteiger partial charge in [0.2, 0.25) is 0 Å². The van der Waals surface area contributed by atoms with Crippen LogP contribution < -0.4 is 0 Å². The Bertz CT molecular complexity index is 476. The van der Waals surface area contributed by atoms with Crippen LogP contribution in [0.3, 0.4) is 0 Å². The lowest BCUT2D eigenvalue weighted by Gasteiger charge is -1.99. The quantitative estimate of drug-likeness (QED) is 0.654. The van der Waals surface area contributed by atoms with Crippen molar-refractivity contribution < 1.29 is 0 Å². The van der Waals surface area contributed by atoms with Gasteiger partial charge >= 0.3 is 0 Å². The molecule has 0 spiro atoms. The van der Waals surface area contributed by atoms with Gasteiger partial charge in [-0.25, -0.2) is 0 Å². The first kappa shape index (κ1) is 7.81. The maximum atomic E-state index is 8.63. The van der Waals surface area contributed by atoms with Crippen molar-refractivity contribution in [3.05, 3.63) is 30.0 Å². The van der Waals surface area contributed by atoms with Crippen molar-refractivity contribution in [3.8, 4) is 6.07 Å². The maximum Gasteiger partial charge on any atom is 0.0721 e. The maximum absolute atomic E-state index is 8.63. The van der Waals surface area contributed by atoms with E-state index in [4.69, 9.17) is 5.26 Å². The number of para-hydroxylation sites is 1. The Hall–Kier alpha value is -1.82. The lowest BCUT2D eigenvalue weighted by molar-refractivity contribution is 0.793. The molecule has 2 rings (SSSR count). The monoisotopic (exact) mass is 171 g/mol. The van der Waals surface area contributed by atoms with E-state index in [2.05, 4.69) is 11.2 Å². The predicted octanol–water partition coefficient (Wildman–Crippen LogP) is 1.64. The molecule has 1 aromatic heterocycles. The van der Waals surface area contributed by atoms with Gasteiger partial charge in [0, 0.05) is 12.4 Å². The number of hydrogen-bond donors (Lipinski definition) is 0. The number of fused-ring (bicyclic) bond motifs is 1. The van der Waals surface area contributed by atoms with Crippen molar-refractivity contribution in [2.24, 2.45) is 7.05 Å². The minimum absolute atomic E-state index is 0.441. The van der Waals surface area contributed by atoms with Gasteiger partial charge in [-0.15, -0.1) is 0 Å². The first-order chi connectivity index (χ1) is 6.33. The van der Waals surface area contributed by atoms with Crippen molar-refractivity contribution in [2.45, 2.75) is 6.42 Å². The number of hydrogen-bond acceptors (Lipinski definition) is 2. The van der Waals surface area contributed by atoms with E-state index in [1.807, 2.05) is 36.1 Å². The Balaban J connectivity index is 2.74. The van der Waals surface area contributed by atoms with Crippen molar-refractivity contribution in [1.29, 1.82) is 5.26 Å². The second kappa shape index (κ2) is 2.91. The standard InChI is InChI=1S/C10H9N3/c1-13-10-8(5-6-11)3-2-4-9(10)7-12-13/h2-4,7H,5H2,1H3. The molecule has 3 heteroatoms. The molecule has 0 N–H and O–H groups in total. The molecule has 0 bridgehead atoms. The molecular formula is C10H9N3. The van der Waals surface area contributed by atoms with Crippen LogP contribution in [-0.4, -0.2) is 9.78 Å². The third kappa shape index (κ3) is 1.17.